The molecule has 1 atom stereocenters. The van der Waals surface area contributed by atoms with Crippen molar-refractivity contribution in [3.63, 3.8) is 0 Å². The molecular weight excluding hydrogens is 473 g/mol. The Morgan fingerprint density at radius 3 is 2.78 bits per heavy atom. The molecule has 0 aromatic carbocycles. The molecule has 0 aliphatic carbocycles. The first-order chi connectivity index (χ1) is 12.8. The van der Waals surface area contributed by atoms with Gasteiger partial charge in [0.2, 0.25) is 0 Å². The van der Waals surface area contributed by atoms with Gasteiger partial charge in [-0.25, -0.2) is 0 Å². The van der Waals surface area contributed by atoms with Crippen LogP contribution in [0.2, 0.25) is 0 Å². The van der Waals surface area contributed by atoms with Crippen molar-refractivity contribution in [3.05, 3.63) is 52.0 Å². The van der Waals surface area contributed by atoms with Gasteiger partial charge in [0.15, 0.2) is 5.96 Å². The molecule has 0 saturated carbocycles. The number of morpholine rings is 1. The Hall–Kier alpha value is -1.23. The summed E-state index contributed by atoms with van der Waals surface area (Å²) in [5.41, 5.74) is 2.22. The molecule has 148 valence electrons. The first-order valence-electron chi connectivity index (χ1n) is 8.98. The Kier molecular flexibility index (Phi) is 9.46. The van der Waals surface area contributed by atoms with E-state index in [9.17, 15) is 0 Å². The number of halogens is 1. The molecule has 2 N–H and O–H groups in total. The number of nitrogens with one attached hydrogen (secondary N) is 2. The van der Waals surface area contributed by atoms with Gasteiger partial charge in [0.25, 0.3) is 0 Å². The van der Waals surface area contributed by atoms with Crippen molar-refractivity contribution in [1.29, 1.82) is 0 Å². The largest absolute Gasteiger partial charge is 0.379 e. The summed E-state index contributed by atoms with van der Waals surface area (Å²) in [6.07, 6.45) is 1.82. The van der Waals surface area contributed by atoms with Gasteiger partial charge >= 0.3 is 0 Å². The van der Waals surface area contributed by atoms with E-state index in [2.05, 4.69) is 56.0 Å². The third kappa shape index (κ3) is 6.41. The van der Waals surface area contributed by atoms with Crippen molar-refractivity contribution in [2.75, 3.05) is 39.9 Å². The van der Waals surface area contributed by atoms with Gasteiger partial charge in [0.1, 0.15) is 0 Å². The standard InChI is InChI=1S/C19H27N5OS.HI/c1-15-5-3-7-21-16(15)13-22-19(20-2)23-14-17(18-6-4-12-26-18)24-8-10-25-11-9-24;/h3-7,12,17H,8-11,13-14H2,1-2H3,(H2,20,22,23);1H. The molecule has 2 aromatic rings. The summed E-state index contributed by atoms with van der Waals surface area (Å²) in [5, 5.41) is 8.99. The van der Waals surface area contributed by atoms with E-state index in [1.165, 1.54) is 10.4 Å². The van der Waals surface area contributed by atoms with Gasteiger partial charge in [-0.3, -0.25) is 14.9 Å². The number of aliphatic imine (C=N–C) groups is 1. The molecule has 6 nitrogen and oxygen atoms in total. The van der Waals surface area contributed by atoms with E-state index in [4.69, 9.17) is 4.74 Å². The number of aryl methyl sites for hydroxylation is 1. The van der Waals surface area contributed by atoms with E-state index in [1.54, 1.807) is 18.4 Å². The zero-order valence-corrected chi connectivity index (χ0v) is 19.0. The number of aromatic nitrogens is 1. The summed E-state index contributed by atoms with van der Waals surface area (Å²) in [6, 6.07) is 8.68. The molecule has 0 bridgehead atoms. The van der Waals surface area contributed by atoms with Crippen LogP contribution < -0.4 is 10.6 Å². The molecule has 1 unspecified atom stereocenters. The molecule has 0 amide bonds. The molecule has 8 heteroatoms. The van der Waals surface area contributed by atoms with Crippen LogP contribution in [0.1, 0.15) is 22.2 Å². The van der Waals surface area contributed by atoms with Gasteiger partial charge in [-0.05, 0) is 30.0 Å². The zero-order valence-electron chi connectivity index (χ0n) is 15.9. The third-order valence-corrected chi connectivity index (χ3v) is 5.56. The lowest BCUT2D eigenvalue weighted by Crippen LogP contribution is -2.46. The van der Waals surface area contributed by atoms with Crippen LogP contribution in [0.3, 0.4) is 0 Å². The minimum absolute atomic E-state index is 0. The smallest absolute Gasteiger partial charge is 0.191 e. The highest BCUT2D eigenvalue weighted by atomic mass is 127. The molecule has 1 fully saturated rings. The van der Waals surface area contributed by atoms with Gasteiger partial charge < -0.3 is 15.4 Å². The fraction of sp³-hybridized carbons (Fsp3) is 0.474. The van der Waals surface area contributed by atoms with Crippen LogP contribution >= 0.6 is 35.3 Å². The lowest BCUT2D eigenvalue weighted by Gasteiger charge is -2.34. The van der Waals surface area contributed by atoms with Gasteiger partial charge in [-0.2, -0.15) is 0 Å². The first kappa shape index (κ1) is 22.1. The monoisotopic (exact) mass is 501 g/mol. The van der Waals surface area contributed by atoms with Gasteiger partial charge in [0.05, 0.1) is 31.5 Å². The topological polar surface area (TPSA) is 61.8 Å². The van der Waals surface area contributed by atoms with Crippen LogP contribution in [0.4, 0.5) is 0 Å². The van der Waals surface area contributed by atoms with E-state index >= 15 is 0 Å². The summed E-state index contributed by atoms with van der Waals surface area (Å²) in [4.78, 5) is 12.6. The number of guanidine groups is 1. The molecule has 27 heavy (non-hydrogen) atoms. The third-order valence-electron chi connectivity index (χ3n) is 4.59. The predicted octanol–water partition coefficient (Wildman–Crippen LogP) is 2.81. The number of nitrogens with zero attached hydrogens (tertiary/aromatic N) is 3. The average Bonchev–Trinajstić information content (AvgIpc) is 3.21. The summed E-state index contributed by atoms with van der Waals surface area (Å²) < 4.78 is 5.51. The van der Waals surface area contributed by atoms with E-state index in [1.807, 2.05) is 12.3 Å². The molecule has 3 rings (SSSR count). The van der Waals surface area contributed by atoms with Crippen LogP contribution in [0.5, 0.6) is 0 Å². The molecule has 1 aliphatic rings. The number of pyridine rings is 1. The molecule has 2 aromatic heterocycles. The van der Waals surface area contributed by atoms with Crippen molar-refractivity contribution in [3.8, 4) is 0 Å². The number of hydrogen-bond acceptors (Lipinski definition) is 5. The van der Waals surface area contributed by atoms with E-state index in [0.29, 0.717) is 12.6 Å². The number of rotatable bonds is 6. The van der Waals surface area contributed by atoms with E-state index in [0.717, 1.165) is 44.5 Å². The predicted molar refractivity (Wildman–Crippen MR) is 122 cm³/mol. The summed E-state index contributed by atoms with van der Waals surface area (Å²) in [7, 11) is 1.80. The minimum atomic E-state index is 0. The Morgan fingerprint density at radius 2 is 2.11 bits per heavy atom. The Morgan fingerprint density at radius 1 is 1.30 bits per heavy atom. The number of ether oxygens (including phenoxy) is 1. The molecular formula is C19H28IN5OS. The maximum absolute atomic E-state index is 5.51. The van der Waals surface area contributed by atoms with Gasteiger partial charge in [-0.15, -0.1) is 35.3 Å². The Bertz CT molecular complexity index is 704. The summed E-state index contributed by atoms with van der Waals surface area (Å²) in [5.74, 6) is 0.796. The zero-order chi connectivity index (χ0) is 18.2. The number of thiophene rings is 1. The van der Waals surface area contributed by atoms with Crippen LogP contribution in [-0.4, -0.2) is 55.7 Å². The average molecular weight is 501 g/mol. The van der Waals surface area contributed by atoms with E-state index in [-0.39, 0.29) is 24.0 Å². The molecule has 0 spiro atoms. The molecule has 3 heterocycles. The van der Waals surface area contributed by atoms with Crippen molar-refractivity contribution in [1.82, 2.24) is 20.5 Å². The lowest BCUT2D eigenvalue weighted by molar-refractivity contribution is 0.0177. The second-order valence-electron chi connectivity index (χ2n) is 6.25. The van der Waals surface area contributed by atoms with Crippen molar-refractivity contribution in [2.24, 2.45) is 4.99 Å². The molecule has 1 aliphatic heterocycles. The van der Waals surface area contributed by atoms with Crippen molar-refractivity contribution >= 4 is 41.3 Å². The summed E-state index contributed by atoms with van der Waals surface area (Å²) >= 11 is 1.80. The SMILES string of the molecule is CN=C(NCc1ncccc1C)NCC(c1cccs1)N1CCOCC1.I. The van der Waals surface area contributed by atoms with Crippen LogP contribution in [0.15, 0.2) is 40.8 Å². The second kappa shape index (κ2) is 11.6. The van der Waals surface area contributed by atoms with Gasteiger partial charge in [0, 0.05) is 37.8 Å². The van der Waals surface area contributed by atoms with Crippen molar-refractivity contribution in [2.45, 2.75) is 19.5 Å². The van der Waals surface area contributed by atoms with Crippen molar-refractivity contribution < 1.29 is 4.74 Å². The second-order valence-corrected chi connectivity index (χ2v) is 7.23. The molecule has 0 radical (unpaired) electrons. The highest BCUT2D eigenvalue weighted by Crippen LogP contribution is 2.25. The normalized spacial score (nSPS) is 16.4. The maximum atomic E-state index is 5.51. The van der Waals surface area contributed by atoms with Gasteiger partial charge in [-0.1, -0.05) is 12.1 Å². The fourth-order valence-corrected chi connectivity index (χ4v) is 3.93. The Balaban J connectivity index is 0.00000261. The highest BCUT2D eigenvalue weighted by molar-refractivity contribution is 14.0. The van der Waals surface area contributed by atoms with Crippen LogP contribution in [0, 0.1) is 6.92 Å². The first-order valence-corrected chi connectivity index (χ1v) is 9.86. The molecule has 1 saturated heterocycles. The quantitative estimate of drug-likeness (QED) is 0.362. The number of hydrogen-bond donors (Lipinski definition) is 2. The lowest BCUT2D eigenvalue weighted by atomic mass is 10.2. The summed E-state index contributed by atoms with van der Waals surface area (Å²) in [6.45, 7) is 7.06. The highest BCUT2D eigenvalue weighted by Gasteiger charge is 2.23. The van der Waals surface area contributed by atoms with E-state index < -0.39 is 0 Å². The maximum Gasteiger partial charge on any atom is 0.191 e. The van der Waals surface area contributed by atoms with Crippen LogP contribution in [-0.2, 0) is 11.3 Å². The van der Waals surface area contributed by atoms with Crippen LogP contribution in [0.25, 0.3) is 0 Å². The fourth-order valence-electron chi connectivity index (χ4n) is 3.06. The minimum Gasteiger partial charge on any atom is -0.379 e. The Labute approximate surface area is 182 Å².